The van der Waals surface area contributed by atoms with Crippen molar-refractivity contribution < 1.29 is 4.74 Å². The number of benzene rings is 1. The van der Waals surface area contributed by atoms with Crippen LogP contribution in [0.25, 0.3) is 0 Å². The van der Waals surface area contributed by atoms with Crippen molar-refractivity contribution in [3.8, 4) is 0 Å². The van der Waals surface area contributed by atoms with Gasteiger partial charge in [0.1, 0.15) is 0 Å². The van der Waals surface area contributed by atoms with E-state index in [4.69, 9.17) is 4.74 Å². The highest BCUT2D eigenvalue weighted by Crippen LogP contribution is 2.23. The summed E-state index contributed by atoms with van der Waals surface area (Å²) in [4.78, 5) is 0. The van der Waals surface area contributed by atoms with Gasteiger partial charge in [0.2, 0.25) is 0 Å². The Hall–Kier alpha value is -0.860. The average Bonchev–Trinajstić information content (AvgIpc) is 2.20. The maximum atomic E-state index is 5.49. The Morgan fingerprint density at radius 1 is 1.13 bits per heavy atom. The monoisotopic (exact) mass is 207 g/mol. The predicted molar refractivity (Wildman–Crippen MR) is 64.3 cm³/mol. The fourth-order valence-corrected chi connectivity index (χ4v) is 1.84. The van der Waals surface area contributed by atoms with Crippen LogP contribution in [-0.2, 0) is 4.74 Å². The summed E-state index contributed by atoms with van der Waals surface area (Å²) >= 11 is 0. The number of rotatable bonds is 4. The zero-order valence-corrected chi connectivity index (χ0v) is 10.3. The molecular weight excluding hydrogens is 186 g/mol. The van der Waals surface area contributed by atoms with Gasteiger partial charge in [0, 0.05) is 13.7 Å². The predicted octanol–water partition coefficient (Wildman–Crippen LogP) is 2.52. The van der Waals surface area contributed by atoms with Crippen LogP contribution < -0.4 is 5.32 Å². The molecule has 1 rings (SSSR count). The van der Waals surface area contributed by atoms with Gasteiger partial charge in [-0.3, -0.25) is 0 Å². The highest BCUT2D eigenvalue weighted by Gasteiger charge is 2.12. The lowest BCUT2D eigenvalue weighted by atomic mass is 9.97. The summed E-state index contributed by atoms with van der Waals surface area (Å²) in [7, 11) is 3.71. The molecular formula is C13H21NO. The molecule has 0 aliphatic heterocycles. The van der Waals surface area contributed by atoms with E-state index in [0.29, 0.717) is 0 Å². The number of hydrogen-bond acceptors (Lipinski definition) is 2. The minimum atomic E-state index is 0.147. The normalized spacial score (nSPS) is 12.9. The largest absolute Gasteiger partial charge is 0.375 e. The van der Waals surface area contributed by atoms with E-state index in [1.807, 2.05) is 7.05 Å². The van der Waals surface area contributed by atoms with Crippen molar-refractivity contribution >= 4 is 0 Å². The molecule has 1 unspecified atom stereocenters. The van der Waals surface area contributed by atoms with Gasteiger partial charge in [-0.15, -0.1) is 0 Å². The van der Waals surface area contributed by atoms with Gasteiger partial charge < -0.3 is 10.1 Å². The Labute approximate surface area is 92.6 Å². The van der Waals surface area contributed by atoms with Gasteiger partial charge in [0.05, 0.1) is 6.10 Å². The third-order valence-electron chi connectivity index (χ3n) is 2.90. The van der Waals surface area contributed by atoms with Crippen LogP contribution in [-0.4, -0.2) is 20.7 Å². The number of nitrogens with one attached hydrogen (secondary N) is 1. The van der Waals surface area contributed by atoms with Gasteiger partial charge in [-0.1, -0.05) is 12.1 Å². The van der Waals surface area contributed by atoms with Crippen LogP contribution in [0.3, 0.4) is 0 Å². The van der Waals surface area contributed by atoms with Crippen molar-refractivity contribution in [3.63, 3.8) is 0 Å². The number of ether oxygens (including phenoxy) is 1. The van der Waals surface area contributed by atoms with E-state index in [1.54, 1.807) is 7.11 Å². The van der Waals surface area contributed by atoms with Crippen LogP contribution in [0.1, 0.15) is 28.4 Å². The molecule has 1 atom stereocenters. The second-order valence-corrected chi connectivity index (χ2v) is 4.08. The summed E-state index contributed by atoms with van der Waals surface area (Å²) < 4.78 is 5.49. The maximum absolute atomic E-state index is 5.49. The van der Waals surface area contributed by atoms with E-state index >= 15 is 0 Å². The quantitative estimate of drug-likeness (QED) is 0.819. The van der Waals surface area contributed by atoms with Gasteiger partial charge >= 0.3 is 0 Å². The molecule has 0 spiro atoms. The van der Waals surface area contributed by atoms with E-state index in [1.165, 1.54) is 22.3 Å². The lowest BCUT2D eigenvalue weighted by molar-refractivity contribution is 0.104. The van der Waals surface area contributed by atoms with E-state index in [2.05, 4.69) is 38.2 Å². The standard InChI is InChI=1S/C13H21NO/c1-9-6-11(3)12(7-10(9)2)13(15-5)8-14-4/h6-7,13-14H,8H2,1-5H3. The number of methoxy groups -OCH3 is 1. The van der Waals surface area contributed by atoms with Crippen molar-refractivity contribution in [1.82, 2.24) is 5.32 Å². The lowest BCUT2D eigenvalue weighted by Gasteiger charge is -2.19. The fourth-order valence-electron chi connectivity index (χ4n) is 1.84. The molecule has 0 saturated carbocycles. The smallest absolute Gasteiger partial charge is 0.0947 e. The summed E-state index contributed by atoms with van der Waals surface area (Å²) in [5.41, 5.74) is 5.26. The van der Waals surface area contributed by atoms with E-state index in [0.717, 1.165) is 6.54 Å². The van der Waals surface area contributed by atoms with Crippen molar-refractivity contribution in [2.24, 2.45) is 0 Å². The van der Waals surface area contributed by atoms with Crippen molar-refractivity contribution in [3.05, 3.63) is 34.4 Å². The second kappa shape index (κ2) is 5.29. The Kier molecular flexibility index (Phi) is 4.30. The molecule has 2 nitrogen and oxygen atoms in total. The van der Waals surface area contributed by atoms with Crippen LogP contribution in [0.15, 0.2) is 12.1 Å². The highest BCUT2D eigenvalue weighted by atomic mass is 16.5. The summed E-state index contributed by atoms with van der Waals surface area (Å²) in [6, 6.07) is 4.46. The van der Waals surface area contributed by atoms with Crippen LogP contribution in [0.5, 0.6) is 0 Å². The minimum absolute atomic E-state index is 0.147. The molecule has 0 aliphatic rings. The summed E-state index contributed by atoms with van der Waals surface area (Å²) in [5, 5.41) is 3.15. The molecule has 2 heteroatoms. The molecule has 0 amide bonds. The van der Waals surface area contributed by atoms with Crippen LogP contribution in [0.4, 0.5) is 0 Å². The molecule has 1 aromatic rings. The molecule has 15 heavy (non-hydrogen) atoms. The molecule has 1 aromatic carbocycles. The van der Waals surface area contributed by atoms with Crippen LogP contribution in [0, 0.1) is 20.8 Å². The van der Waals surface area contributed by atoms with Crippen molar-refractivity contribution in [2.75, 3.05) is 20.7 Å². The summed E-state index contributed by atoms with van der Waals surface area (Å²) in [6.07, 6.45) is 0.147. The first-order valence-electron chi connectivity index (χ1n) is 5.35. The number of aryl methyl sites for hydroxylation is 3. The molecule has 0 aliphatic carbocycles. The van der Waals surface area contributed by atoms with Crippen LogP contribution >= 0.6 is 0 Å². The van der Waals surface area contributed by atoms with Gasteiger partial charge in [-0.05, 0) is 50.1 Å². The second-order valence-electron chi connectivity index (χ2n) is 4.08. The Balaban J connectivity index is 3.06. The molecule has 0 saturated heterocycles. The maximum Gasteiger partial charge on any atom is 0.0947 e. The first-order valence-corrected chi connectivity index (χ1v) is 5.35. The third kappa shape index (κ3) is 2.80. The van der Waals surface area contributed by atoms with Crippen molar-refractivity contribution in [2.45, 2.75) is 26.9 Å². The van der Waals surface area contributed by atoms with Gasteiger partial charge in [-0.2, -0.15) is 0 Å². The first kappa shape index (κ1) is 12.2. The zero-order valence-electron chi connectivity index (χ0n) is 10.3. The number of hydrogen-bond donors (Lipinski definition) is 1. The molecule has 84 valence electrons. The van der Waals surface area contributed by atoms with Crippen molar-refractivity contribution in [1.29, 1.82) is 0 Å². The molecule has 0 aromatic heterocycles. The van der Waals surface area contributed by atoms with E-state index in [9.17, 15) is 0 Å². The highest BCUT2D eigenvalue weighted by molar-refractivity contribution is 5.37. The van der Waals surface area contributed by atoms with E-state index in [-0.39, 0.29) is 6.10 Å². The molecule has 1 N–H and O–H groups in total. The SMILES string of the molecule is CNCC(OC)c1cc(C)c(C)cc1C. The minimum Gasteiger partial charge on any atom is -0.375 e. The van der Waals surface area contributed by atoms with E-state index < -0.39 is 0 Å². The van der Waals surface area contributed by atoms with Crippen LogP contribution in [0.2, 0.25) is 0 Å². The molecule has 0 bridgehead atoms. The summed E-state index contributed by atoms with van der Waals surface area (Å²) in [6.45, 7) is 7.28. The number of likely N-dealkylation sites (N-methyl/N-ethyl adjacent to an activating group) is 1. The first-order chi connectivity index (χ1) is 7.10. The lowest BCUT2D eigenvalue weighted by Crippen LogP contribution is -2.19. The molecule has 0 fully saturated rings. The average molecular weight is 207 g/mol. The van der Waals surface area contributed by atoms with Gasteiger partial charge in [0.15, 0.2) is 0 Å². The Bertz CT molecular complexity index is 334. The van der Waals surface area contributed by atoms with Gasteiger partial charge in [0.25, 0.3) is 0 Å². The Morgan fingerprint density at radius 2 is 1.73 bits per heavy atom. The summed E-state index contributed by atoms with van der Waals surface area (Å²) in [5.74, 6) is 0. The topological polar surface area (TPSA) is 21.3 Å². The fraction of sp³-hybridized carbons (Fsp3) is 0.538. The van der Waals surface area contributed by atoms with Gasteiger partial charge in [-0.25, -0.2) is 0 Å². The zero-order chi connectivity index (χ0) is 11.4. The third-order valence-corrected chi connectivity index (χ3v) is 2.90. The molecule has 0 heterocycles. The molecule has 0 radical (unpaired) electrons. The Morgan fingerprint density at radius 3 is 2.27 bits per heavy atom.